The van der Waals surface area contributed by atoms with Gasteiger partial charge in [0.15, 0.2) is 0 Å². The number of benzene rings is 2. The summed E-state index contributed by atoms with van der Waals surface area (Å²) in [7, 11) is 0. The van der Waals surface area contributed by atoms with Gasteiger partial charge in [-0.3, -0.25) is 0 Å². The van der Waals surface area contributed by atoms with Crippen molar-refractivity contribution in [1.82, 2.24) is 0 Å². The molecule has 0 radical (unpaired) electrons. The molecule has 21 heavy (non-hydrogen) atoms. The van der Waals surface area contributed by atoms with E-state index in [4.69, 9.17) is 10.5 Å². The van der Waals surface area contributed by atoms with E-state index in [-0.39, 0.29) is 6.04 Å². The average molecular weight is 295 g/mol. The lowest BCUT2D eigenvalue weighted by atomic mass is 10.0. The Labute approximate surface area is 121 Å². The minimum absolute atomic E-state index is 0.276. The smallest absolute Gasteiger partial charge is 0.416 e. The average Bonchev–Trinajstić information content (AvgIpc) is 2.46. The topological polar surface area (TPSA) is 35.2 Å². The van der Waals surface area contributed by atoms with Gasteiger partial charge in [0, 0.05) is 6.04 Å². The van der Waals surface area contributed by atoms with Crippen LogP contribution in [0.5, 0.6) is 5.75 Å². The Morgan fingerprint density at radius 2 is 1.57 bits per heavy atom. The van der Waals surface area contributed by atoms with Crippen LogP contribution < -0.4 is 10.5 Å². The molecule has 0 aromatic heterocycles. The third-order valence-electron chi connectivity index (χ3n) is 2.99. The van der Waals surface area contributed by atoms with Crippen LogP contribution in [-0.4, -0.2) is 12.6 Å². The van der Waals surface area contributed by atoms with Crippen LogP contribution in [0.25, 0.3) is 0 Å². The molecule has 0 spiro atoms. The van der Waals surface area contributed by atoms with Gasteiger partial charge in [0.2, 0.25) is 0 Å². The number of rotatable bonds is 5. The molecule has 0 fully saturated rings. The first kappa shape index (κ1) is 15.4. The van der Waals surface area contributed by atoms with Crippen molar-refractivity contribution in [3.05, 3.63) is 65.7 Å². The molecule has 2 nitrogen and oxygen atoms in total. The van der Waals surface area contributed by atoms with Gasteiger partial charge in [-0.2, -0.15) is 13.2 Å². The molecular weight excluding hydrogens is 279 g/mol. The van der Waals surface area contributed by atoms with Crippen molar-refractivity contribution >= 4 is 0 Å². The lowest BCUT2D eigenvalue weighted by Gasteiger charge is -2.14. The summed E-state index contributed by atoms with van der Waals surface area (Å²) in [6.45, 7) is 0.311. The summed E-state index contributed by atoms with van der Waals surface area (Å²) in [5.74, 6) is 0.723. The van der Waals surface area contributed by atoms with Gasteiger partial charge in [0.05, 0.1) is 5.56 Å². The summed E-state index contributed by atoms with van der Waals surface area (Å²) in [6, 6.07) is 14.0. The van der Waals surface area contributed by atoms with Gasteiger partial charge in [-0.25, -0.2) is 0 Å². The third kappa shape index (κ3) is 4.79. The highest BCUT2D eigenvalue weighted by atomic mass is 19.4. The first-order valence-electron chi connectivity index (χ1n) is 6.55. The standard InChI is InChI=1S/C16H16F3NO/c17-16(18,19)13-8-6-12(7-9-13)10-14(20)11-21-15-4-2-1-3-5-15/h1-9,14H,10-11,20H2. The zero-order valence-electron chi connectivity index (χ0n) is 11.3. The maximum Gasteiger partial charge on any atom is 0.416 e. The summed E-state index contributed by atoms with van der Waals surface area (Å²) in [5, 5.41) is 0. The second kappa shape index (κ2) is 6.63. The zero-order chi connectivity index (χ0) is 15.3. The normalized spacial score (nSPS) is 13.0. The Kier molecular flexibility index (Phi) is 4.85. The van der Waals surface area contributed by atoms with Crippen molar-refractivity contribution in [2.75, 3.05) is 6.61 Å². The van der Waals surface area contributed by atoms with E-state index in [0.717, 1.165) is 23.4 Å². The Balaban J connectivity index is 1.86. The minimum Gasteiger partial charge on any atom is -0.492 e. The molecule has 112 valence electrons. The second-order valence-electron chi connectivity index (χ2n) is 4.78. The van der Waals surface area contributed by atoms with Gasteiger partial charge in [0.25, 0.3) is 0 Å². The Bertz CT molecular complexity index is 552. The number of para-hydroxylation sites is 1. The van der Waals surface area contributed by atoms with Gasteiger partial charge in [-0.15, -0.1) is 0 Å². The van der Waals surface area contributed by atoms with Crippen molar-refractivity contribution in [3.8, 4) is 5.75 Å². The number of alkyl halides is 3. The van der Waals surface area contributed by atoms with Crippen LogP contribution in [0.1, 0.15) is 11.1 Å². The van der Waals surface area contributed by atoms with E-state index in [1.807, 2.05) is 30.3 Å². The van der Waals surface area contributed by atoms with Crippen LogP contribution in [0.15, 0.2) is 54.6 Å². The van der Waals surface area contributed by atoms with Crippen molar-refractivity contribution < 1.29 is 17.9 Å². The summed E-state index contributed by atoms with van der Waals surface area (Å²) >= 11 is 0. The molecule has 0 heterocycles. The molecule has 1 atom stereocenters. The molecule has 0 aliphatic heterocycles. The molecule has 0 aliphatic carbocycles. The van der Waals surface area contributed by atoms with Crippen molar-refractivity contribution in [3.63, 3.8) is 0 Å². The van der Waals surface area contributed by atoms with E-state index in [1.54, 1.807) is 0 Å². The fraction of sp³-hybridized carbons (Fsp3) is 0.250. The van der Waals surface area contributed by atoms with E-state index in [2.05, 4.69) is 0 Å². The summed E-state index contributed by atoms with van der Waals surface area (Å²) in [4.78, 5) is 0. The first-order valence-corrected chi connectivity index (χ1v) is 6.55. The van der Waals surface area contributed by atoms with E-state index < -0.39 is 11.7 Å². The molecule has 1 unspecified atom stereocenters. The molecule has 0 aliphatic rings. The van der Waals surface area contributed by atoms with E-state index >= 15 is 0 Å². The molecule has 2 rings (SSSR count). The molecule has 5 heteroatoms. The number of hydrogen-bond donors (Lipinski definition) is 1. The fourth-order valence-electron chi connectivity index (χ4n) is 1.91. The van der Waals surface area contributed by atoms with Gasteiger partial charge < -0.3 is 10.5 Å². The van der Waals surface area contributed by atoms with Gasteiger partial charge in [0.1, 0.15) is 12.4 Å². The lowest BCUT2D eigenvalue weighted by molar-refractivity contribution is -0.137. The first-order chi connectivity index (χ1) is 9.95. The predicted octanol–water partition coefficient (Wildman–Crippen LogP) is 3.65. The minimum atomic E-state index is -4.31. The molecule has 2 aromatic rings. The van der Waals surface area contributed by atoms with Crippen molar-refractivity contribution in [2.45, 2.75) is 18.6 Å². The van der Waals surface area contributed by atoms with Crippen LogP contribution in [0.3, 0.4) is 0 Å². The SMILES string of the molecule is NC(COc1ccccc1)Cc1ccc(C(F)(F)F)cc1. The van der Waals surface area contributed by atoms with Crippen LogP contribution in [0, 0.1) is 0 Å². The monoisotopic (exact) mass is 295 g/mol. The van der Waals surface area contributed by atoms with Gasteiger partial charge in [-0.1, -0.05) is 30.3 Å². The van der Waals surface area contributed by atoms with Crippen LogP contribution in [0.2, 0.25) is 0 Å². The maximum atomic E-state index is 12.4. The van der Waals surface area contributed by atoms with E-state index in [0.29, 0.717) is 13.0 Å². The molecule has 0 saturated heterocycles. The van der Waals surface area contributed by atoms with E-state index in [1.165, 1.54) is 12.1 Å². The summed E-state index contributed by atoms with van der Waals surface area (Å²) in [5.41, 5.74) is 6.03. The lowest BCUT2D eigenvalue weighted by Crippen LogP contribution is -2.30. The molecule has 2 aromatic carbocycles. The molecular formula is C16H16F3NO. The predicted molar refractivity (Wildman–Crippen MR) is 75.1 cm³/mol. The number of nitrogens with two attached hydrogens (primary N) is 1. The van der Waals surface area contributed by atoms with Crippen LogP contribution >= 0.6 is 0 Å². The number of hydrogen-bond acceptors (Lipinski definition) is 2. The second-order valence-corrected chi connectivity index (χ2v) is 4.78. The number of halogens is 3. The maximum absolute atomic E-state index is 12.4. The molecule has 0 amide bonds. The Morgan fingerprint density at radius 3 is 2.14 bits per heavy atom. The van der Waals surface area contributed by atoms with Gasteiger partial charge >= 0.3 is 6.18 Å². The summed E-state index contributed by atoms with van der Waals surface area (Å²) in [6.07, 6.45) is -3.85. The zero-order valence-corrected chi connectivity index (χ0v) is 11.3. The van der Waals surface area contributed by atoms with Gasteiger partial charge in [-0.05, 0) is 36.2 Å². The quantitative estimate of drug-likeness (QED) is 0.913. The molecule has 0 saturated carbocycles. The highest BCUT2D eigenvalue weighted by Gasteiger charge is 2.29. The van der Waals surface area contributed by atoms with Crippen molar-refractivity contribution in [1.29, 1.82) is 0 Å². The fourth-order valence-corrected chi connectivity index (χ4v) is 1.91. The Hall–Kier alpha value is -2.01. The van der Waals surface area contributed by atoms with E-state index in [9.17, 15) is 13.2 Å². The molecule has 0 bridgehead atoms. The summed E-state index contributed by atoms with van der Waals surface area (Å²) < 4.78 is 42.9. The molecule has 2 N–H and O–H groups in total. The third-order valence-corrected chi connectivity index (χ3v) is 2.99. The highest BCUT2D eigenvalue weighted by Crippen LogP contribution is 2.29. The van der Waals surface area contributed by atoms with Crippen molar-refractivity contribution in [2.24, 2.45) is 5.73 Å². The Morgan fingerprint density at radius 1 is 0.952 bits per heavy atom. The largest absolute Gasteiger partial charge is 0.492 e. The van der Waals surface area contributed by atoms with Crippen LogP contribution in [0.4, 0.5) is 13.2 Å². The highest BCUT2D eigenvalue weighted by molar-refractivity contribution is 5.25. The number of ether oxygens (including phenoxy) is 1. The van der Waals surface area contributed by atoms with Crippen LogP contribution in [-0.2, 0) is 12.6 Å².